The summed E-state index contributed by atoms with van der Waals surface area (Å²) in [5.41, 5.74) is -0.318. The lowest BCUT2D eigenvalue weighted by Crippen LogP contribution is -2.36. The third-order valence-corrected chi connectivity index (χ3v) is 5.81. The third kappa shape index (κ3) is 3.58. The second kappa shape index (κ2) is 6.11. The van der Waals surface area contributed by atoms with Gasteiger partial charge in [0.1, 0.15) is 6.54 Å². The van der Waals surface area contributed by atoms with Crippen molar-refractivity contribution in [3.05, 3.63) is 40.8 Å². The number of sulfone groups is 1. The normalized spacial score (nSPS) is 19.7. The van der Waals surface area contributed by atoms with E-state index in [9.17, 15) is 18.0 Å². The summed E-state index contributed by atoms with van der Waals surface area (Å²) in [4.78, 5) is 24.2. The second-order valence-corrected chi connectivity index (χ2v) is 8.00. The molecule has 0 spiro atoms. The number of amides is 1. The summed E-state index contributed by atoms with van der Waals surface area (Å²) in [6, 6.07) is 7.05. The van der Waals surface area contributed by atoms with Gasteiger partial charge in [-0.15, -0.1) is 0 Å². The first-order chi connectivity index (χ1) is 10.9. The minimum Gasteiger partial charge on any atom is -0.354 e. The molecular formula is C15H17N3O4S. The van der Waals surface area contributed by atoms with Gasteiger partial charge in [-0.1, -0.05) is 18.2 Å². The van der Waals surface area contributed by atoms with Crippen LogP contribution >= 0.6 is 0 Å². The van der Waals surface area contributed by atoms with Crippen LogP contribution in [0.4, 0.5) is 0 Å². The van der Waals surface area contributed by atoms with Crippen LogP contribution in [0.1, 0.15) is 6.42 Å². The Hall–Kier alpha value is -2.22. The minimum atomic E-state index is -2.95. The highest BCUT2D eigenvalue weighted by Gasteiger charge is 2.27. The Kier molecular flexibility index (Phi) is 4.16. The third-order valence-electron chi connectivity index (χ3n) is 3.97. The fourth-order valence-corrected chi connectivity index (χ4v) is 4.59. The molecule has 122 valence electrons. The van der Waals surface area contributed by atoms with Crippen LogP contribution in [0.5, 0.6) is 0 Å². The average molecular weight is 335 g/mol. The molecule has 8 heteroatoms. The molecular weight excluding hydrogens is 318 g/mol. The average Bonchev–Trinajstić information content (AvgIpc) is 2.88. The summed E-state index contributed by atoms with van der Waals surface area (Å²) in [5.74, 6) is -0.106. The highest BCUT2D eigenvalue weighted by molar-refractivity contribution is 7.91. The van der Waals surface area contributed by atoms with Crippen molar-refractivity contribution in [1.82, 2.24) is 15.1 Å². The summed E-state index contributed by atoms with van der Waals surface area (Å²) in [6.45, 7) is 0.129. The molecule has 1 aromatic heterocycles. The first kappa shape index (κ1) is 15.7. The zero-order valence-corrected chi connectivity index (χ0v) is 13.3. The van der Waals surface area contributed by atoms with E-state index in [2.05, 4.69) is 10.4 Å². The fourth-order valence-electron chi connectivity index (χ4n) is 2.72. The molecule has 23 heavy (non-hydrogen) atoms. The SMILES string of the molecule is O=C(Cn1ncc2ccccc2c1=O)NC[C@@H]1CCS(=O)(=O)C1. The van der Waals surface area contributed by atoms with E-state index in [4.69, 9.17) is 0 Å². The highest BCUT2D eigenvalue weighted by atomic mass is 32.2. The van der Waals surface area contributed by atoms with Crippen molar-refractivity contribution in [2.75, 3.05) is 18.1 Å². The molecule has 1 saturated heterocycles. The first-order valence-corrected chi connectivity index (χ1v) is 9.19. The van der Waals surface area contributed by atoms with E-state index in [1.807, 2.05) is 6.07 Å². The van der Waals surface area contributed by atoms with Gasteiger partial charge in [0, 0.05) is 11.9 Å². The predicted molar refractivity (Wildman–Crippen MR) is 85.8 cm³/mol. The number of aromatic nitrogens is 2. The van der Waals surface area contributed by atoms with Gasteiger partial charge < -0.3 is 5.32 Å². The summed E-state index contributed by atoms with van der Waals surface area (Å²) >= 11 is 0. The number of hydrogen-bond acceptors (Lipinski definition) is 5. The number of benzene rings is 1. The number of rotatable bonds is 4. The van der Waals surface area contributed by atoms with Crippen LogP contribution in [-0.4, -0.2) is 42.2 Å². The maximum Gasteiger partial charge on any atom is 0.275 e. The number of nitrogens with one attached hydrogen (secondary N) is 1. The second-order valence-electron chi connectivity index (χ2n) is 5.77. The smallest absolute Gasteiger partial charge is 0.275 e. The van der Waals surface area contributed by atoms with Gasteiger partial charge >= 0.3 is 0 Å². The Morgan fingerprint density at radius 2 is 2.13 bits per heavy atom. The van der Waals surface area contributed by atoms with Gasteiger partial charge in [-0.25, -0.2) is 13.1 Å². The van der Waals surface area contributed by atoms with Crippen molar-refractivity contribution in [3.8, 4) is 0 Å². The molecule has 1 N–H and O–H groups in total. The number of hydrogen-bond donors (Lipinski definition) is 1. The molecule has 3 rings (SSSR count). The van der Waals surface area contributed by atoms with Gasteiger partial charge in [0.05, 0.1) is 23.1 Å². The van der Waals surface area contributed by atoms with E-state index in [0.29, 0.717) is 18.4 Å². The summed E-state index contributed by atoms with van der Waals surface area (Å²) in [7, 11) is -2.95. The van der Waals surface area contributed by atoms with Crippen molar-refractivity contribution in [2.45, 2.75) is 13.0 Å². The molecule has 1 aliphatic heterocycles. The Bertz CT molecular complexity index is 904. The molecule has 1 atom stereocenters. The lowest BCUT2D eigenvalue weighted by atomic mass is 10.1. The summed E-state index contributed by atoms with van der Waals surface area (Å²) < 4.78 is 23.9. The molecule has 0 radical (unpaired) electrons. The number of carbonyl (C=O) groups excluding carboxylic acids is 1. The molecule has 2 aromatic rings. The van der Waals surface area contributed by atoms with Crippen LogP contribution in [-0.2, 0) is 21.2 Å². The lowest BCUT2D eigenvalue weighted by molar-refractivity contribution is -0.122. The van der Waals surface area contributed by atoms with Crippen molar-refractivity contribution in [1.29, 1.82) is 0 Å². The maximum atomic E-state index is 12.3. The Morgan fingerprint density at radius 1 is 1.35 bits per heavy atom. The van der Waals surface area contributed by atoms with E-state index in [-0.39, 0.29) is 35.4 Å². The van der Waals surface area contributed by atoms with Gasteiger partial charge in [0.2, 0.25) is 5.91 Å². The number of nitrogens with zero attached hydrogens (tertiary/aromatic N) is 2. The molecule has 0 unspecified atom stereocenters. The maximum absolute atomic E-state index is 12.3. The van der Waals surface area contributed by atoms with Crippen LogP contribution in [0.25, 0.3) is 10.8 Å². The fraction of sp³-hybridized carbons (Fsp3) is 0.400. The first-order valence-electron chi connectivity index (χ1n) is 7.36. The van der Waals surface area contributed by atoms with Gasteiger partial charge in [0.15, 0.2) is 9.84 Å². The van der Waals surface area contributed by atoms with Crippen molar-refractivity contribution in [3.63, 3.8) is 0 Å². The molecule has 2 heterocycles. The molecule has 1 aromatic carbocycles. The van der Waals surface area contributed by atoms with Crippen molar-refractivity contribution < 1.29 is 13.2 Å². The van der Waals surface area contributed by atoms with Crippen molar-refractivity contribution >= 4 is 26.5 Å². The van der Waals surface area contributed by atoms with E-state index >= 15 is 0 Å². The van der Waals surface area contributed by atoms with E-state index in [1.165, 1.54) is 0 Å². The number of carbonyl (C=O) groups is 1. The van der Waals surface area contributed by atoms with Gasteiger partial charge in [-0.2, -0.15) is 5.10 Å². The van der Waals surface area contributed by atoms with Crippen LogP contribution in [0.2, 0.25) is 0 Å². The van der Waals surface area contributed by atoms with E-state index in [1.54, 1.807) is 24.4 Å². The molecule has 0 saturated carbocycles. The van der Waals surface area contributed by atoms with E-state index in [0.717, 1.165) is 10.1 Å². The highest BCUT2D eigenvalue weighted by Crippen LogP contribution is 2.17. The van der Waals surface area contributed by atoms with Crippen LogP contribution < -0.4 is 10.9 Å². The monoisotopic (exact) mass is 335 g/mol. The molecule has 7 nitrogen and oxygen atoms in total. The zero-order chi connectivity index (χ0) is 16.4. The van der Waals surface area contributed by atoms with Crippen LogP contribution in [0.15, 0.2) is 35.3 Å². The number of fused-ring (bicyclic) bond motifs is 1. The van der Waals surface area contributed by atoms with E-state index < -0.39 is 9.84 Å². The van der Waals surface area contributed by atoms with Gasteiger partial charge in [0.25, 0.3) is 5.56 Å². The lowest BCUT2D eigenvalue weighted by Gasteiger charge is -2.10. The quantitative estimate of drug-likeness (QED) is 0.844. The minimum absolute atomic E-state index is 0.0507. The van der Waals surface area contributed by atoms with Crippen LogP contribution in [0.3, 0.4) is 0 Å². The standard InChI is InChI=1S/C15H17N3O4S/c19-14(16-7-11-5-6-23(21,22)10-11)9-18-15(20)13-4-2-1-3-12(13)8-17-18/h1-4,8,11H,5-7,9-10H2,(H,16,19)/t11-/m0/s1. The van der Waals surface area contributed by atoms with Gasteiger partial charge in [-0.05, 0) is 18.4 Å². The summed E-state index contributed by atoms with van der Waals surface area (Å²) in [6.07, 6.45) is 2.12. The largest absolute Gasteiger partial charge is 0.354 e. The predicted octanol–water partition coefficient (Wildman–Crippen LogP) is -0.0526. The molecule has 0 bridgehead atoms. The molecule has 1 amide bonds. The van der Waals surface area contributed by atoms with Gasteiger partial charge in [-0.3, -0.25) is 9.59 Å². The molecule has 0 aliphatic carbocycles. The Balaban J connectivity index is 1.64. The Morgan fingerprint density at radius 3 is 2.87 bits per heavy atom. The van der Waals surface area contributed by atoms with Crippen LogP contribution in [0, 0.1) is 5.92 Å². The van der Waals surface area contributed by atoms with Crippen molar-refractivity contribution in [2.24, 2.45) is 5.92 Å². The zero-order valence-electron chi connectivity index (χ0n) is 12.4. The Labute approximate surface area is 133 Å². The molecule has 1 fully saturated rings. The molecule has 1 aliphatic rings. The topological polar surface area (TPSA) is 98.1 Å². The summed E-state index contributed by atoms with van der Waals surface area (Å²) in [5, 5.41) is 7.92.